The first-order valence-corrected chi connectivity index (χ1v) is 8.02. The highest BCUT2D eigenvalue weighted by molar-refractivity contribution is 6.35. The number of fused-ring (bicyclic) bond motifs is 1. The predicted octanol–water partition coefficient (Wildman–Crippen LogP) is 5.36. The Labute approximate surface area is 144 Å². The number of rotatable bonds is 5. The summed E-state index contributed by atoms with van der Waals surface area (Å²) in [5.74, 6) is 0. The van der Waals surface area contributed by atoms with Gasteiger partial charge in [-0.3, -0.25) is 15.1 Å². The van der Waals surface area contributed by atoms with Crippen molar-refractivity contribution in [3.05, 3.63) is 75.4 Å². The monoisotopic (exact) mass is 341 g/mol. The van der Waals surface area contributed by atoms with Gasteiger partial charge in [0.2, 0.25) is 0 Å². The molecule has 0 amide bonds. The van der Waals surface area contributed by atoms with Crippen LogP contribution in [0.2, 0.25) is 5.02 Å². The third-order valence-corrected chi connectivity index (χ3v) is 4.22. The van der Waals surface area contributed by atoms with E-state index in [0.29, 0.717) is 10.9 Å². The molecule has 1 atom stereocenters. The van der Waals surface area contributed by atoms with Crippen molar-refractivity contribution in [1.82, 2.24) is 4.98 Å². The number of nitrogens with one attached hydrogen (secondary N) is 1. The van der Waals surface area contributed by atoms with Gasteiger partial charge in [0, 0.05) is 29.4 Å². The first-order valence-electron chi connectivity index (χ1n) is 7.64. The van der Waals surface area contributed by atoms with Crippen molar-refractivity contribution in [2.24, 2.45) is 0 Å². The van der Waals surface area contributed by atoms with Crippen LogP contribution >= 0.6 is 11.6 Å². The second-order valence-electron chi connectivity index (χ2n) is 5.46. The SMILES string of the molecule is CC[C@@H](Nc1ccnc2c(Cl)cc([N+](=O)[O-])cc12)c1ccccc1. The van der Waals surface area contributed by atoms with E-state index in [9.17, 15) is 10.1 Å². The number of hydrogen-bond acceptors (Lipinski definition) is 4. The van der Waals surface area contributed by atoms with Crippen molar-refractivity contribution < 1.29 is 4.92 Å². The summed E-state index contributed by atoms with van der Waals surface area (Å²) in [6, 6.07) is 14.8. The Bertz CT molecular complexity index is 884. The van der Waals surface area contributed by atoms with E-state index in [1.54, 1.807) is 6.20 Å². The molecule has 122 valence electrons. The second kappa shape index (κ2) is 6.84. The van der Waals surface area contributed by atoms with Gasteiger partial charge in [-0.15, -0.1) is 0 Å². The molecule has 0 aliphatic carbocycles. The molecule has 2 aromatic carbocycles. The van der Waals surface area contributed by atoms with Gasteiger partial charge in [-0.25, -0.2) is 0 Å². The van der Waals surface area contributed by atoms with Crippen molar-refractivity contribution in [3.8, 4) is 0 Å². The predicted molar refractivity (Wildman–Crippen MR) is 96.5 cm³/mol. The fourth-order valence-corrected chi connectivity index (χ4v) is 2.99. The fraction of sp³-hybridized carbons (Fsp3) is 0.167. The normalized spacial score (nSPS) is 12.1. The van der Waals surface area contributed by atoms with Crippen molar-refractivity contribution in [3.63, 3.8) is 0 Å². The van der Waals surface area contributed by atoms with Gasteiger partial charge in [-0.1, -0.05) is 48.9 Å². The molecule has 1 N–H and O–H groups in total. The van der Waals surface area contributed by atoms with E-state index in [4.69, 9.17) is 11.6 Å². The lowest BCUT2D eigenvalue weighted by Gasteiger charge is -2.20. The average molecular weight is 342 g/mol. The quantitative estimate of drug-likeness (QED) is 0.501. The number of hydrogen-bond donors (Lipinski definition) is 1. The highest BCUT2D eigenvalue weighted by Crippen LogP contribution is 2.34. The highest BCUT2D eigenvalue weighted by atomic mass is 35.5. The number of nitrogens with zero attached hydrogens (tertiary/aromatic N) is 2. The molecular weight excluding hydrogens is 326 g/mol. The van der Waals surface area contributed by atoms with Gasteiger partial charge in [0.25, 0.3) is 5.69 Å². The van der Waals surface area contributed by atoms with E-state index in [-0.39, 0.29) is 16.8 Å². The molecule has 6 heteroatoms. The van der Waals surface area contributed by atoms with Crippen LogP contribution in [0.3, 0.4) is 0 Å². The van der Waals surface area contributed by atoms with E-state index >= 15 is 0 Å². The van der Waals surface area contributed by atoms with Crippen LogP contribution in [0.25, 0.3) is 10.9 Å². The van der Waals surface area contributed by atoms with Gasteiger partial charge in [0.1, 0.15) is 0 Å². The highest BCUT2D eigenvalue weighted by Gasteiger charge is 2.16. The fourth-order valence-electron chi connectivity index (χ4n) is 2.72. The van der Waals surface area contributed by atoms with Gasteiger partial charge >= 0.3 is 0 Å². The summed E-state index contributed by atoms with van der Waals surface area (Å²) in [6.45, 7) is 2.09. The number of nitro benzene ring substituents is 1. The summed E-state index contributed by atoms with van der Waals surface area (Å²) in [5, 5.41) is 15.5. The molecule has 1 heterocycles. The number of pyridine rings is 1. The molecular formula is C18H16ClN3O2. The lowest BCUT2D eigenvalue weighted by molar-refractivity contribution is -0.384. The zero-order chi connectivity index (χ0) is 17.1. The number of non-ortho nitro benzene ring substituents is 1. The minimum atomic E-state index is -0.448. The standard InChI is InChI=1S/C18H16ClN3O2/c1-2-16(12-6-4-3-5-7-12)21-17-8-9-20-18-14(17)10-13(22(23)24)11-15(18)19/h3-11,16H,2H2,1H3,(H,20,21)/t16-/m1/s1. The van der Waals surface area contributed by atoms with Crippen LogP contribution in [0.1, 0.15) is 24.9 Å². The van der Waals surface area contributed by atoms with Crippen molar-refractivity contribution in [2.45, 2.75) is 19.4 Å². The molecule has 0 fully saturated rings. The van der Waals surface area contributed by atoms with Crippen molar-refractivity contribution in [2.75, 3.05) is 5.32 Å². The van der Waals surface area contributed by atoms with E-state index in [0.717, 1.165) is 17.7 Å². The molecule has 3 aromatic rings. The molecule has 3 rings (SSSR count). The lowest BCUT2D eigenvalue weighted by atomic mass is 10.0. The van der Waals surface area contributed by atoms with Gasteiger partial charge in [0.05, 0.1) is 21.5 Å². The van der Waals surface area contributed by atoms with Gasteiger partial charge in [-0.05, 0) is 18.1 Å². The van der Waals surface area contributed by atoms with Crippen LogP contribution in [0, 0.1) is 10.1 Å². The molecule has 5 nitrogen and oxygen atoms in total. The van der Waals surface area contributed by atoms with Crippen molar-refractivity contribution >= 4 is 33.9 Å². The minimum Gasteiger partial charge on any atom is -0.378 e. The Morgan fingerprint density at radius 1 is 1.25 bits per heavy atom. The largest absolute Gasteiger partial charge is 0.378 e. The first kappa shape index (κ1) is 16.2. The number of benzene rings is 2. The number of nitro groups is 1. The molecule has 0 saturated carbocycles. The molecule has 0 spiro atoms. The third kappa shape index (κ3) is 3.16. The van der Waals surface area contributed by atoms with E-state index in [1.165, 1.54) is 12.1 Å². The third-order valence-electron chi connectivity index (χ3n) is 3.93. The van der Waals surface area contributed by atoms with Gasteiger partial charge < -0.3 is 5.32 Å². The molecule has 0 bridgehead atoms. The molecule has 0 unspecified atom stereocenters. The van der Waals surface area contributed by atoms with Gasteiger partial charge in [0.15, 0.2) is 0 Å². The zero-order valence-electron chi connectivity index (χ0n) is 13.1. The number of aromatic nitrogens is 1. The van der Waals surface area contributed by atoms with Crippen LogP contribution in [0.15, 0.2) is 54.7 Å². The van der Waals surface area contributed by atoms with Crippen LogP contribution in [0.4, 0.5) is 11.4 Å². The molecule has 0 aliphatic rings. The smallest absolute Gasteiger partial charge is 0.271 e. The van der Waals surface area contributed by atoms with E-state index in [1.807, 2.05) is 24.3 Å². The first-order chi connectivity index (χ1) is 11.6. The Kier molecular flexibility index (Phi) is 4.62. The molecule has 0 radical (unpaired) electrons. The van der Waals surface area contributed by atoms with E-state index < -0.39 is 4.92 Å². The van der Waals surface area contributed by atoms with E-state index in [2.05, 4.69) is 29.4 Å². The zero-order valence-corrected chi connectivity index (χ0v) is 13.8. The summed E-state index contributed by atoms with van der Waals surface area (Å²) in [4.78, 5) is 14.9. The summed E-state index contributed by atoms with van der Waals surface area (Å²) in [6.07, 6.45) is 2.52. The van der Waals surface area contributed by atoms with Crippen LogP contribution in [0.5, 0.6) is 0 Å². The summed E-state index contributed by atoms with van der Waals surface area (Å²) in [7, 11) is 0. The maximum absolute atomic E-state index is 11.1. The number of anilines is 1. The van der Waals surface area contributed by atoms with Crippen molar-refractivity contribution in [1.29, 1.82) is 0 Å². The maximum Gasteiger partial charge on any atom is 0.271 e. The Morgan fingerprint density at radius 2 is 2.00 bits per heavy atom. The molecule has 24 heavy (non-hydrogen) atoms. The van der Waals surface area contributed by atoms with Crippen LogP contribution in [-0.2, 0) is 0 Å². The van der Waals surface area contributed by atoms with Crippen LogP contribution < -0.4 is 5.32 Å². The minimum absolute atomic E-state index is 0.0451. The Morgan fingerprint density at radius 3 is 2.67 bits per heavy atom. The topological polar surface area (TPSA) is 68.1 Å². The second-order valence-corrected chi connectivity index (χ2v) is 5.86. The molecule has 0 aliphatic heterocycles. The number of halogens is 1. The Balaban J connectivity index is 2.07. The average Bonchev–Trinajstić information content (AvgIpc) is 2.60. The summed E-state index contributed by atoms with van der Waals surface area (Å²) < 4.78 is 0. The lowest BCUT2D eigenvalue weighted by Crippen LogP contribution is -2.10. The Hall–Kier alpha value is -2.66. The van der Waals surface area contributed by atoms with Gasteiger partial charge in [-0.2, -0.15) is 0 Å². The summed E-state index contributed by atoms with van der Waals surface area (Å²) >= 11 is 6.17. The summed E-state index contributed by atoms with van der Waals surface area (Å²) in [5.41, 5.74) is 2.44. The molecule has 0 saturated heterocycles. The molecule has 1 aromatic heterocycles. The maximum atomic E-state index is 11.1. The van der Waals surface area contributed by atoms with Crippen LogP contribution in [-0.4, -0.2) is 9.91 Å².